The fourth-order valence-corrected chi connectivity index (χ4v) is 3.08. The lowest BCUT2D eigenvalue weighted by molar-refractivity contribution is 0.0955. The van der Waals surface area contributed by atoms with Crippen molar-refractivity contribution in [3.63, 3.8) is 0 Å². The highest BCUT2D eigenvalue weighted by Gasteiger charge is 2.14. The molecule has 2 heterocycles. The molecule has 0 spiro atoms. The van der Waals surface area contributed by atoms with Crippen LogP contribution in [0.1, 0.15) is 22.1 Å². The van der Waals surface area contributed by atoms with Crippen molar-refractivity contribution in [3.05, 3.63) is 76.9 Å². The summed E-state index contributed by atoms with van der Waals surface area (Å²) in [6.45, 7) is 2.15. The maximum absolute atomic E-state index is 12.9. The first kappa shape index (κ1) is 18.1. The zero-order chi connectivity index (χ0) is 19.5. The van der Waals surface area contributed by atoms with Crippen molar-refractivity contribution in [2.75, 3.05) is 6.54 Å². The zero-order valence-corrected chi connectivity index (χ0v) is 15.9. The topological polar surface area (TPSA) is 80.9 Å². The third-order valence-electron chi connectivity index (χ3n) is 4.29. The van der Waals surface area contributed by atoms with E-state index in [4.69, 9.17) is 21.1 Å². The number of rotatable bonds is 5. The highest BCUT2D eigenvalue weighted by atomic mass is 35.5. The minimum absolute atomic E-state index is 0.176. The van der Waals surface area contributed by atoms with Gasteiger partial charge in [-0.25, -0.2) is 4.98 Å². The molecule has 4 aromatic rings. The van der Waals surface area contributed by atoms with E-state index in [0.29, 0.717) is 41.0 Å². The average Bonchev–Trinajstić information content (AvgIpc) is 3.12. The normalized spacial score (nSPS) is 10.9. The van der Waals surface area contributed by atoms with Gasteiger partial charge in [-0.1, -0.05) is 47.1 Å². The molecule has 1 amide bonds. The van der Waals surface area contributed by atoms with Crippen LogP contribution < -0.4 is 5.32 Å². The van der Waals surface area contributed by atoms with Crippen LogP contribution >= 0.6 is 11.6 Å². The largest absolute Gasteiger partial charge is 0.351 e. The summed E-state index contributed by atoms with van der Waals surface area (Å²) in [5.74, 6) is 0.901. The summed E-state index contributed by atoms with van der Waals surface area (Å²) in [6, 6.07) is 16.8. The standard InChI is InChI=1S/C21H17ClN4O2/c1-13-24-20(28-26-13)10-11-23-21(27)17-12-19(14-6-8-15(22)9-7-14)25-18-5-3-2-4-16(17)18/h2-9,12H,10-11H2,1H3,(H,23,27). The Bertz CT molecular complexity index is 1140. The molecule has 0 aliphatic heterocycles. The molecule has 0 unspecified atom stereocenters. The van der Waals surface area contributed by atoms with Crippen LogP contribution in [0.15, 0.2) is 59.1 Å². The molecule has 0 atom stereocenters. The first-order chi connectivity index (χ1) is 13.6. The molecule has 6 nitrogen and oxygen atoms in total. The van der Waals surface area contributed by atoms with Crippen LogP contribution in [0.4, 0.5) is 0 Å². The number of nitrogens with zero attached hydrogens (tertiary/aromatic N) is 3. The van der Waals surface area contributed by atoms with Gasteiger partial charge in [0, 0.05) is 28.9 Å². The fourth-order valence-electron chi connectivity index (χ4n) is 2.95. The van der Waals surface area contributed by atoms with E-state index in [-0.39, 0.29) is 5.91 Å². The van der Waals surface area contributed by atoms with Gasteiger partial charge < -0.3 is 9.84 Å². The Balaban J connectivity index is 1.62. The lowest BCUT2D eigenvalue weighted by Gasteiger charge is -2.10. The number of carbonyl (C=O) groups excluding carboxylic acids is 1. The van der Waals surface area contributed by atoms with Gasteiger partial charge in [0.05, 0.1) is 16.8 Å². The van der Waals surface area contributed by atoms with Gasteiger partial charge >= 0.3 is 0 Å². The molecule has 0 aliphatic carbocycles. The number of aromatic nitrogens is 3. The first-order valence-electron chi connectivity index (χ1n) is 8.83. The molecule has 0 bridgehead atoms. The van der Waals surface area contributed by atoms with Crippen molar-refractivity contribution < 1.29 is 9.32 Å². The Morgan fingerprint density at radius 1 is 1.11 bits per heavy atom. The van der Waals surface area contributed by atoms with Crippen LogP contribution in [0, 0.1) is 6.92 Å². The zero-order valence-electron chi connectivity index (χ0n) is 15.1. The summed E-state index contributed by atoms with van der Waals surface area (Å²) in [5.41, 5.74) is 2.93. The van der Waals surface area contributed by atoms with E-state index in [2.05, 4.69) is 15.5 Å². The van der Waals surface area contributed by atoms with Crippen molar-refractivity contribution in [3.8, 4) is 11.3 Å². The SMILES string of the molecule is Cc1noc(CCNC(=O)c2cc(-c3ccc(Cl)cc3)nc3ccccc23)n1. The van der Waals surface area contributed by atoms with E-state index in [9.17, 15) is 4.79 Å². The molecule has 0 fully saturated rings. The number of nitrogens with one attached hydrogen (secondary N) is 1. The predicted octanol–water partition coefficient (Wildman–Crippen LogP) is 4.22. The summed E-state index contributed by atoms with van der Waals surface area (Å²) in [6.07, 6.45) is 0.472. The molecule has 0 saturated heterocycles. The van der Waals surface area contributed by atoms with E-state index in [1.165, 1.54) is 0 Å². The number of amides is 1. The number of pyridine rings is 1. The van der Waals surface area contributed by atoms with Crippen molar-refractivity contribution in [1.29, 1.82) is 0 Å². The third kappa shape index (κ3) is 3.87. The maximum Gasteiger partial charge on any atom is 0.252 e. The molecule has 0 saturated carbocycles. The Kier molecular flexibility index (Phi) is 5.04. The molecular weight excluding hydrogens is 376 g/mol. The number of carbonyl (C=O) groups is 1. The second-order valence-electron chi connectivity index (χ2n) is 6.32. The second kappa shape index (κ2) is 7.78. The van der Waals surface area contributed by atoms with Crippen LogP contribution in [0.3, 0.4) is 0 Å². The predicted molar refractivity (Wildman–Crippen MR) is 107 cm³/mol. The van der Waals surface area contributed by atoms with E-state index in [1.54, 1.807) is 25.1 Å². The monoisotopic (exact) mass is 392 g/mol. The van der Waals surface area contributed by atoms with Crippen molar-refractivity contribution in [2.45, 2.75) is 13.3 Å². The Morgan fingerprint density at radius 2 is 1.89 bits per heavy atom. The lowest BCUT2D eigenvalue weighted by Crippen LogP contribution is -2.26. The Labute approximate surface area is 166 Å². The molecule has 2 aromatic carbocycles. The number of halogens is 1. The minimum Gasteiger partial charge on any atom is -0.351 e. The molecule has 0 radical (unpaired) electrons. The highest BCUT2D eigenvalue weighted by molar-refractivity contribution is 6.30. The number of fused-ring (bicyclic) bond motifs is 1. The lowest BCUT2D eigenvalue weighted by atomic mass is 10.0. The van der Waals surface area contributed by atoms with Crippen molar-refractivity contribution in [2.24, 2.45) is 0 Å². The third-order valence-corrected chi connectivity index (χ3v) is 4.55. The number of para-hydroxylation sites is 1. The van der Waals surface area contributed by atoms with Crippen molar-refractivity contribution >= 4 is 28.4 Å². The Morgan fingerprint density at radius 3 is 2.64 bits per heavy atom. The van der Waals surface area contributed by atoms with E-state index in [1.807, 2.05) is 36.4 Å². The van der Waals surface area contributed by atoms with Gasteiger partial charge in [-0.05, 0) is 31.2 Å². The molecule has 1 N–H and O–H groups in total. The number of benzene rings is 2. The Hall–Kier alpha value is -3.25. The van der Waals surface area contributed by atoms with Gasteiger partial charge in [0.25, 0.3) is 5.91 Å². The highest BCUT2D eigenvalue weighted by Crippen LogP contribution is 2.26. The van der Waals surface area contributed by atoms with Crippen molar-refractivity contribution in [1.82, 2.24) is 20.4 Å². The van der Waals surface area contributed by atoms with Crippen LogP contribution in [0.25, 0.3) is 22.2 Å². The number of hydrogen-bond donors (Lipinski definition) is 1. The summed E-state index contributed by atoms with van der Waals surface area (Å²) < 4.78 is 5.08. The summed E-state index contributed by atoms with van der Waals surface area (Å²) in [7, 11) is 0. The summed E-state index contributed by atoms with van der Waals surface area (Å²) in [5, 5.41) is 8.12. The van der Waals surface area contributed by atoms with Gasteiger partial charge in [0.2, 0.25) is 5.89 Å². The van der Waals surface area contributed by atoms with E-state index < -0.39 is 0 Å². The van der Waals surface area contributed by atoms with E-state index in [0.717, 1.165) is 16.5 Å². The second-order valence-corrected chi connectivity index (χ2v) is 6.76. The number of hydrogen-bond acceptors (Lipinski definition) is 5. The molecule has 140 valence electrons. The molecule has 2 aromatic heterocycles. The molecular formula is C21H17ClN4O2. The van der Waals surface area contributed by atoms with Gasteiger partial charge in [0.15, 0.2) is 5.82 Å². The quantitative estimate of drug-likeness (QED) is 0.550. The van der Waals surface area contributed by atoms with Gasteiger partial charge in [-0.3, -0.25) is 4.79 Å². The fraction of sp³-hybridized carbons (Fsp3) is 0.143. The maximum atomic E-state index is 12.9. The van der Waals surface area contributed by atoms with Gasteiger partial charge in [-0.2, -0.15) is 4.98 Å². The van der Waals surface area contributed by atoms with E-state index >= 15 is 0 Å². The van der Waals surface area contributed by atoms with Crippen LogP contribution in [0.5, 0.6) is 0 Å². The van der Waals surface area contributed by atoms with Crippen LogP contribution in [-0.4, -0.2) is 27.6 Å². The number of aryl methyl sites for hydroxylation is 1. The average molecular weight is 393 g/mol. The smallest absolute Gasteiger partial charge is 0.252 e. The van der Waals surface area contributed by atoms with Gasteiger partial charge in [-0.15, -0.1) is 0 Å². The molecule has 7 heteroatoms. The minimum atomic E-state index is -0.176. The van der Waals surface area contributed by atoms with Gasteiger partial charge in [0.1, 0.15) is 0 Å². The first-order valence-corrected chi connectivity index (χ1v) is 9.21. The van der Waals surface area contributed by atoms with Crippen LogP contribution in [0.2, 0.25) is 5.02 Å². The molecule has 4 rings (SSSR count). The van der Waals surface area contributed by atoms with Crippen LogP contribution in [-0.2, 0) is 6.42 Å². The molecule has 0 aliphatic rings. The summed E-state index contributed by atoms with van der Waals surface area (Å²) >= 11 is 5.98. The summed E-state index contributed by atoms with van der Waals surface area (Å²) in [4.78, 5) is 21.7. The molecule has 28 heavy (non-hydrogen) atoms.